The second-order valence-electron chi connectivity index (χ2n) is 3.99. The summed E-state index contributed by atoms with van der Waals surface area (Å²) in [5.41, 5.74) is 0.942. The number of carbonyl (C=O) groups excluding carboxylic acids is 2. The van der Waals surface area contributed by atoms with Crippen LogP contribution in [0.4, 0.5) is 4.79 Å². The third-order valence-electron chi connectivity index (χ3n) is 2.71. The molecule has 1 aliphatic heterocycles. The molecule has 0 saturated carbocycles. The molecular formula is C12H13NO4. The summed E-state index contributed by atoms with van der Waals surface area (Å²) in [4.78, 5) is 23.7. The van der Waals surface area contributed by atoms with Crippen molar-refractivity contribution in [1.82, 2.24) is 4.90 Å². The molecule has 1 aliphatic rings. The first-order chi connectivity index (χ1) is 8.08. The van der Waals surface area contributed by atoms with Gasteiger partial charge in [-0.2, -0.15) is 0 Å². The van der Waals surface area contributed by atoms with E-state index in [0.29, 0.717) is 6.42 Å². The summed E-state index contributed by atoms with van der Waals surface area (Å²) in [5, 5.41) is 9.16. The number of rotatable bonds is 2. The van der Waals surface area contributed by atoms with Gasteiger partial charge in [-0.25, -0.2) is 9.69 Å². The van der Waals surface area contributed by atoms with Gasteiger partial charge in [-0.05, 0) is 24.1 Å². The minimum Gasteiger partial charge on any atom is -0.508 e. The first kappa shape index (κ1) is 11.4. The van der Waals surface area contributed by atoms with Gasteiger partial charge in [0.15, 0.2) is 0 Å². The highest BCUT2D eigenvalue weighted by atomic mass is 16.6. The van der Waals surface area contributed by atoms with Crippen molar-refractivity contribution in [2.24, 2.45) is 0 Å². The molecule has 2 rings (SSSR count). The number of benzene rings is 1. The molecule has 0 bridgehead atoms. The van der Waals surface area contributed by atoms with Gasteiger partial charge in [-0.1, -0.05) is 12.1 Å². The molecule has 1 atom stereocenters. The highest BCUT2D eigenvalue weighted by Gasteiger charge is 2.35. The average molecular weight is 235 g/mol. The molecule has 0 radical (unpaired) electrons. The molecule has 1 aromatic carbocycles. The van der Waals surface area contributed by atoms with Crippen molar-refractivity contribution >= 4 is 12.0 Å². The molecule has 17 heavy (non-hydrogen) atoms. The van der Waals surface area contributed by atoms with Crippen molar-refractivity contribution in [3.05, 3.63) is 29.8 Å². The maximum absolute atomic E-state index is 11.3. The molecule has 0 unspecified atom stereocenters. The molecule has 2 amide bonds. The van der Waals surface area contributed by atoms with E-state index < -0.39 is 6.09 Å². The van der Waals surface area contributed by atoms with E-state index in [0.717, 1.165) is 10.5 Å². The predicted molar refractivity (Wildman–Crippen MR) is 59.5 cm³/mol. The lowest BCUT2D eigenvalue weighted by Gasteiger charge is -2.17. The van der Waals surface area contributed by atoms with E-state index in [2.05, 4.69) is 0 Å². The number of imide groups is 1. The summed E-state index contributed by atoms with van der Waals surface area (Å²) in [7, 11) is 0. The number of hydrogen-bond acceptors (Lipinski definition) is 4. The lowest BCUT2D eigenvalue weighted by Crippen LogP contribution is -2.38. The summed E-state index contributed by atoms with van der Waals surface area (Å²) in [6.45, 7) is 1.57. The van der Waals surface area contributed by atoms with Crippen LogP contribution in [0.25, 0.3) is 0 Å². The number of hydrogen-bond donors (Lipinski definition) is 1. The van der Waals surface area contributed by atoms with E-state index in [1.807, 2.05) is 0 Å². The van der Waals surface area contributed by atoms with Crippen molar-refractivity contribution in [2.75, 3.05) is 6.61 Å². The molecule has 0 aliphatic carbocycles. The Labute approximate surface area is 98.6 Å². The fraction of sp³-hybridized carbons (Fsp3) is 0.333. The van der Waals surface area contributed by atoms with Gasteiger partial charge in [0, 0.05) is 6.92 Å². The lowest BCUT2D eigenvalue weighted by molar-refractivity contribution is -0.126. The van der Waals surface area contributed by atoms with Crippen LogP contribution in [0.2, 0.25) is 0 Å². The zero-order valence-corrected chi connectivity index (χ0v) is 9.42. The van der Waals surface area contributed by atoms with E-state index >= 15 is 0 Å². The number of nitrogens with zero attached hydrogens (tertiary/aromatic N) is 1. The predicted octanol–water partition coefficient (Wildman–Crippen LogP) is 1.30. The molecule has 1 N–H and O–H groups in total. The molecule has 5 heteroatoms. The van der Waals surface area contributed by atoms with Crippen molar-refractivity contribution in [3.63, 3.8) is 0 Å². The molecule has 5 nitrogen and oxygen atoms in total. The van der Waals surface area contributed by atoms with Crippen LogP contribution >= 0.6 is 0 Å². The Morgan fingerprint density at radius 1 is 1.47 bits per heavy atom. The van der Waals surface area contributed by atoms with E-state index in [4.69, 9.17) is 9.84 Å². The van der Waals surface area contributed by atoms with E-state index in [9.17, 15) is 9.59 Å². The van der Waals surface area contributed by atoms with Gasteiger partial charge in [-0.15, -0.1) is 0 Å². The second kappa shape index (κ2) is 4.45. The molecule has 0 aromatic heterocycles. The van der Waals surface area contributed by atoms with Gasteiger partial charge in [0.1, 0.15) is 12.4 Å². The Morgan fingerprint density at radius 3 is 2.71 bits per heavy atom. The summed E-state index contributed by atoms with van der Waals surface area (Å²) in [6, 6.07) is 6.41. The van der Waals surface area contributed by atoms with Crippen LogP contribution in [-0.4, -0.2) is 34.7 Å². The van der Waals surface area contributed by atoms with Gasteiger partial charge < -0.3 is 9.84 Å². The van der Waals surface area contributed by atoms with Crippen LogP contribution in [0.3, 0.4) is 0 Å². The quantitative estimate of drug-likeness (QED) is 0.839. The Kier molecular flexibility index (Phi) is 2.99. The fourth-order valence-corrected chi connectivity index (χ4v) is 1.90. The Bertz CT molecular complexity index is 440. The first-order valence-corrected chi connectivity index (χ1v) is 5.32. The number of ether oxygens (including phenoxy) is 1. The van der Waals surface area contributed by atoms with E-state index in [-0.39, 0.29) is 24.3 Å². The summed E-state index contributed by atoms with van der Waals surface area (Å²) in [6.07, 6.45) is -0.0488. The third kappa shape index (κ3) is 2.38. The molecule has 1 heterocycles. The highest BCUT2D eigenvalue weighted by molar-refractivity contribution is 5.92. The molecule has 1 aromatic rings. The number of aromatic hydroxyl groups is 1. The number of phenolic OH excluding ortho intramolecular Hbond substituents is 1. The zero-order valence-electron chi connectivity index (χ0n) is 9.42. The maximum Gasteiger partial charge on any atom is 0.416 e. The van der Waals surface area contributed by atoms with Crippen molar-refractivity contribution in [3.8, 4) is 5.75 Å². The zero-order chi connectivity index (χ0) is 12.4. The second-order valence-corrected chi connectivity index (χ2v) is 3.99. The number of amides is 2. The fourth-order valence-electron chi connectivity index (χ4n) is 1.90. The molecule has 1 saturated heterocycles. The Hall–Kier alpha value is -2.04. The standard InChI is InChI=1S/C12H13NO4/c1-8(14)13-10(7-17-12(13)16)6-9-2-4-11(15)5-3-9/h2-5,10,15H,6-7H2,1H3/t10-/m0/s1. The van der Waals surface area contributed by atoms with Crippen LogP contribution in [0.1, 0.15) is 12.5 Å². The van der Waals surface area contributed by atoms with E-state index in [1.165, 1.54) is 6.92 Å². The van der Waals surface area contributed by atoms with Crippen LogP contribution in [0.15, 0.2) is 24.3 Å². The minimum absolute atomic E-state index is 0.191. The van der Waals surface area contributed by atoms with E-state index in [1.54, 1.807) is 24.3 Å². The SMILES string of the molecule is CC(=O)N1C(=O)OC[C@@H]1Cc1ccc(O)cc1. The number of phenols is 1. The Balaban J connectivity index is 2.10. The Morgan fingerprint density at radius 2 is 2.12 bits per heavy atom. The monoisotopic (exact) mass is 235 g/mol. The third-order valence-corrected chi connectivity index (χ3v) is 2.71. The topological polar surface area (TPSA) is 66.8 Å². The van der Waals surface area contributed by atoms with Gasteiger partial charge in [0.05, 0.1) is 6.04 Å². The van der Waals surface area contributed by atoms with Crippen molar-refractivity contribution < 1.29 is 19.4 Å². The van der Waals surface area contributed by atoms with Gasteiger partial charge in [0.25, 0.3) is 0 Å². The van der Waals surface area contributed by atoms with Crippen LogP contribution in [0.5, 0.6) is 5.75 Å². The number of cyclic esters (lactones) is 1. The van der Waals surface area contributed by atoms with Gasteiger partial charge >= 0.3 is 6.09 Å². The van der Waals surface area contributed by atoms with Gasteiger partial charge in [0.2, 0.25) is 5.91 Å². The largest absolute Gasteiger partial charge is 0.508 e. The average Bonchev–Trinajstić information content (AvgIpc) is 2.63. The normalized spacial score (nSPS) is 19.2. The maximum atomic E-state index is 11.3. The van der Waals surface area contributed by atoms with Crippen LogP contribution < -0.4 is 0 Å². The summed E-state index contributed by atoms with van der Waals surface area (Å²) >= 11 is 0. The smallest absolute Gasteiger partial charge is 0.416 e. The highest BCUT2D eigenvalue weighted by Crippen LogP contribution is 2.18. The molecular weight excluding hydrogens is 222 g/mol. The van der Waals surface area contributed by atoms with Gasteiger partial charge in [-0.3, -0.25) is 4.79 Å². The lowest BCUT2D eigenvalue weighted by atomic mass is 10.1. The molecule has 0 spiro atoms. The first-order valence-electron chi connectivity index (χ1n) is 5.32. The number of carbonyl (C=O) groups is 2. The van der Waals surface area contributed by atoms with Crippen molar-refractivity contribution in [1.29, 1.82) is 0 Å². The summed E-state index contributed by atoms with van der Waals surface area (Å²) in [5.74, 6) is -0.118. The molecule has 1 fully saturated rings. The summed E-state index contributed by atoms with van der Waals surface area (Å²) < 4.78 is 4.85. The van der Waals surface area contributed by atoms with Crippen LogP contribution in [-0.2, 0) is 16.0 Å². The minimum atomic E-state index is -0.582. The van der Waals surface area contributed by atoms with Crippen LogP contribution in [0, 0.1) is 0 Å². The molecule has 90 valence electrons. The van der Waals surface area contributed by atoms with Crippen molar-refractivity contribution in [2.45, 2.75) is 19.4 Å².